The van der Waals surface area contributed by atoms with Crippen molar-refractivity contribution in [2.75, 3.05) is 13.2 Å². The largest absolute Gasteiger partial charge is 0.476 e. The number of thiazole rings is 1. The molecule has 7 heteroatoms. The average Bonchev–Trinajstić information content (AvgIpc) is 3.48. The Balaban J connectivity index is 1.34. The molecule has 0 radical (unpaired) electrons. The molecule has 1 aliphatic heterocycles. The standard InChI is InChI=1S/C24H22N2O4S/c1-14-21(23(27)28)25-22(31-14)20-11-6-12-26(20)24(29)30-13-19-17-9-4-2-7-15(17)16-8-3-5-10-18(16)19/h2-5,7-10,19-20H,6,11-13H2,1H3,(H,27,28). The summed E-state index contributed by atoms with van der Waals surface area (Å²) in [7, 11) is 0. The van der Waals surface area contributed by atoms with Gasteiger partial charge < -0.3 is 9.84 Å². The van der Waals surface area contributed by atoms with Gasteiger partial charge in [-0.25, -0.2) is 14.6 Å². The lowest BCUT2D eigenvalue weighted by atomic mass is 9.98. The molecule has 1 N–H and O–H groups in total. The maximum Gasteiger partial charge on any atom is 0.410 e. The van der Waals surface area contributed by atoms with E-state index >= 15 is 0 Å². The van der Waals surface area contributed by atoms with Gasteiger partial charge in [-0.15, -0.1) is 11.3 Å². The summed E-state index contributed by atoms with van der Waals surface area (Å²) in [6.45, 7) is 2.60. The van der Waals surface area contributed by atoms with Crippen LogP contribution in [0.5, 0.6) is 0 Å². The summed E-state index contributed by atoms with van der Waals surface area (Å²) in [6.07, 6.45) is 1.24. The minimum absolute atomic E-state index is 0.0122. The third-order valence-corrected chi connectivity index (χ3v) is 7.20. The predicted molar refractivity (Wildman–Crippen MR) is 118 cm³/mol. The molecule has 0 bridgehead atoms. The van der Waals surface area contributed by atoms with Crippen LogP contribution in [0.15, 0.2) is 48.5 Å². The molecule has 158 valence electrons. The topological polar surface area (TPSA) is 79.7 Å². The van der Waals surface area contributed by atoms with E-state index in [1.807, 2.05) is 24.3 Å². The first kappa shape index (κ1) is 19.8. The number of fused-ring (bicyclic) bond motifs is 3. The lowest BCUT2D eigenvalue weighted by Crippen LogP contribution is -2.32. The van der Waals surface area contributed by atoms with E-state index in [2.05, 4.69) is 29.2 Å². The summed E-state index contributed by atoms with van der Waals surface area (Å²) in [4.78, 5) is 31.0. The Morgan fingerprint density at radius 2 is 1.77 bits per heavy atom. The fraction of sp³-hybridized carbons (Fsp3) is 0.292. The van der Waals surface area contributed by atoms with Crippen molar-refractivity contribution < 1.29 is 19.4 Å². The summed E-state index contributed by atoms with van der Waals surface area (Å²) in [5, 5.41) is 9.97. The third-order valence-electron chi connectivity index (χ3n) is 6.12. The van der Waals surface area contributed by atoms with E-state index in [-0.39, 0.29) is 30.4 Å². The molecule has 0 saturated carbocycles. The van der Waals surface area contributed by atoms with Gasteiger partial charge in [0.15, 0.2) is 5.69 Å². The van der Waals surface area contributed by atoms with Crippen LogP contribution >= 0.6 is 11.3 Å². The van der Waals surface area contributed by atoms with Crippen LogP contribution in [0.1, 0.15) is 56.3 Å². The number of amides is 1. The van der Waals surface area contributed by atoms with E-state index in [4.69, 9.17) is 4.74 Å². The number of hydrogen-bond acceptors (Lipinski definition) is 5. The van der Waals surface area contributed by atoms with Crippen molar-refractivity contribution in [1.82, 2.24) is 9.88 Å². The number of carbonyl (C=O) groups is 2. The number of ether oxygens (including phenoxy) is 1. The number of carbonyl (C=O) groups excluding carboxylic acids is 1. The third kappa shape index (κ3) is 3.39. The van der Waals surface area contributed by atoms with Crippen LogP contribution in [0.4, 0.5) is 4.79 Å². The van der Waals surface area contributed by atoms with Crippen LogP contribution in [0.2, 0.25) is 0 Å². The van der Waals surface area contributed by atoms with Crippen LogP contribution in [0, 0.1) is 6.92 Å². The van der Waals surface area contributed by atoms with Gasteiger partial charge in [0.2, 0.25) is 0 Å². The Morgan fingerprint density at radius 3 is 2.39 bits per heavy atom. The highest BCUT2D eigenvalue weighted by Crippen LogP contribution is 2.45. The van der Waals surface area contributed by atoms with Gasteiger partial charge >= 0.3 is 12.1 Å². The lowest BCUT2D eigenvalue weighted by Gasteiger charge is -2.23. The average molecular weight is 435 g/mol. The molecule has 1 aromatic heterocycles. The first-order valence-corrected chi connectivity index (χ1v) is 11.2. The Morgan fingerprint density at radius 1 is 1.13 bits per heavy atom. The Hall–Kier alpha value is -3.19. The van der Waals surface area contributed by atoms with Crippen molar-refractivity contribution in [2.45, 2.75) is 31.7 Å². The van der Waals surface area contributed by atoms with Gasteiger partial charge in [0.1, 0.15) is 11.6 Å². The second-order valence-electron chi connectivity index (χ2n) is 7.92. The first-order chi connectivity index (χ1) is 15.0. The predicted octanol–water partition coefficient (Wildman–Crippen LogP) is 5.24. The highest BCUT2D eigenvalue weighted by molar-refractivity contribution is 7.12. The van der Waals surface area contributed by atoms with Crippen molar-refractivity contribution >= 4 is 23.4 Å². The van der Waals surface area contributed by atoms with Gasteiger partial charge in [-0.05, 0) is 42.0 Å². The molecule has 1 amide bonds. The Labute approximate surface area is 184 Å². The summed E-state index contributed by atoms with van der Waals surface area (Å²) < 4.78 is 5.81. The van der Waals surface area contributed by atoms with Crippen molar-refractivity contribution in [3.63, 3.8) is 0 Å². The van der Waals surface area contributed by atoms with E-state index in [0.29, 0.717) is 16.4 Å². The highest BCUT2D eigenvalue weighted by atomic mass is 32.1. The maximum absolute atomic E-state index is 13.0. The monoisotopic (exact) mass is 434 g/mol. The van der Waals surface area contributed by atoms with E-state index in [0.717, 1.165) is 12.8 Å². The van der Waals surface area contributed by atoms with Gasteiger partial charge in [0.05, 0.1) is 6.04 Å². The molecule has 0 spiro atoms. The number of aromatic carboxylic acids is 1. The quantitative estimate of drug-likeness (QED) is 0.608. The molecule has 2 aromatic carbocycles. The highest BCUT2D eigenvalue weighted by Gasteiger charge is 2.35. The van der Waals surface area contributed by atoms with Crippen LogP contribution in [0.3, 0.4) is 0 Å². The summed E-state index contributed by atoms with van der Waals surface area (Å²) >= 11 is 1.34. The van der Waals surface area contributed by atoms with E-state index in [9.17, 15) is 14.7 Å². The number of likely N-dealkylation sites (tertiary alicyclic amines) is 1. The SMILES string of the molecule is Cc1sc(C2CCCN2C(=O)OCC2c3ccccc3-c3ccccc32)nc1C(=O)O. The number of carboxylic acids is 1. The molecule has 2 aliphatic rings. The molecular formula is C24H22N2O4S. The van der Waals surface area contributed by atoms with Gasteiger partial charge in [0, 0.05) is 17.3 Å². The molecular weight excluding hydrogens is 412 g/mol. The number of aromatic nitrogens is 1. The summed E-state index contributed by atoms with van der Waals surface area (Å²) in [5.74, 6) is -1.02. The molecule has 31 heavy (non-hydrogen) atoms. The van der Waals surface area contributed by atoms with Crippen LogP contribution in [0.25, 0.3) is 11.1 Å². The molecule has 1 aliphatic carbocycles. The van der Waals surface area contributed by atoms with E-state index in [1.165, 1.54) is 33.6 Å². The zero-order chi connectivity index (χ0) is 21.5. The minimum atomic E-state index is -1.04. The molecule has 1 unspecified atom stereocenters. The van der Waals surface area contributed by atoms with Gasteiger partial charge in [0.25, 0.3) is 0 Å². The molecule has 1 saturated heterocycles. The zero-order valence-corrected chi connectivity index (χ0v) is 17.9. The molecule has 3 aromatic rings. The lowest BCUT2D eigenvalue weighted by molar-refractivity contribution is 0.0690. The fourth-order valence-electron chi connectivity index (χ4n) is 4.68. The minimum Gasteiger partial charge on any atom is -0.476 e. The number of nitrogens with zero attached hydrogens (tertiary/aromatic N) is 2. The number of aryl methyl sites for hydroxylation is 1. The molecule has 2 heterocycles. The van der Waals surface area contributed by atoms with E-state index < -0.39 is 5.97 Å². The van der Waals surface area contributed by atoms with Gasteiger partial charge in [-0.3, -0.25) is 4.90 Å². The van der Waals surface area contributed by atoms with Crippen molar-refractivity contribution in [2.24, 2.45) is 0 Å². The van der Waals surface area contributed by atoms with Crippen LogP contribution in [-0.2, 0) is 4.74 Å². The first-order valence-electron chi connectivity index (χ1n) is 10.4. The van der Waals surface area contributed by atoms with Crippen molar-refractivity contribution in [3.8, 4) is 11.1 Å². The number of rotatable bonds is 4. The number of benzene rings is 2. The second-order valence-corrected chi connectivity index (χ2v) is 9.15. The summed E-state index contributed by atoms with van der Waals surface area (Å²) in [5.41, 5.74) is 4.81. The summed E-state index contributed by atoms with van der Waals surface area (Å²) in [6, 6.07) is 16.3. The normalized spacial score (nSPS) is 17.5. The molecule has 1 fully saturated rings. The van der Waals surface area contributed by atoms with Gasteiger partial charge in [-0.1, -0.05) is 48.5 Å². The fourth-order valence-corrected chi connectivity index (χ4v) is 5.74. The molecule has 1 atom stereocenters. The zero-order valence-electron chi connectivity index (χ0n) is 17.1. The Bertz CT molecular complexity index is 1130. The Kier molecular flexibility index (Phi) is 4.98. The molecule has 5 rings (SSSR count). The van der Waals surface area contributed by atoms with Crippen molar-refractivity contribution in [1.29, 1.82) is 0 Å². The maximum atomic E-state index is 13.0. The smallest absolute Gasteiger partial charge is 0.410 e. The van der Waals surface area contributed by atoms with Gasteiger partial charge in [-0.2, -0.15) is 0 Å². The second kappa shape index (κ2) is 7.81. The van der Waals surface area contributed by atoms with Crippen LogP contribution in [-0.4, -0.2) is 40.2 Å². The van der Waals surface area contributed by atoms with Crippen molar-refractivity contribution in [3.05, 3.63) is 75.2 Å². The molecule has 6 nitrogen and oxygen atoms in total. The van der Waals surface area contributed by atoms with Crippen LogP contribution < -0.4 is 0 Å². The number of hydrogen-bond donors (Lipinski definition) is 1. The number of carboxylic acid groups (broad SMARTS) is 1. The van der Waals surface area contributed by atoms with E-state index in [1.54, 1.807) is 11.8 Å².